The Morgan fingerprint density at radius 3 is 2.50 bits per heavy atom. The van der Waals surface area contributed by atoms with Crippen molar-refractivity contribution in [1.29, 1.82) is 0 Å². The summed E-state index contributed by atoms with van der Waals surface area (Å²) in [5, 5.41) is 0. The Hall–Kier alpha value is 0.720. The van der Waals surface area contributed by atoms with Gasteiger partial charge in [0.1, 0.15) is 4.83 Å². The highest BCUT2D eigenvalue weighted by Gasteiger charge is 2.22. The number of alkyl halides is 3. The van der Waals surface area contributed by atoms with E-state index in [0.29, 0.717) is 5.88 Å². The van der Waals surface area contributed by atoms with Gasteiger partial charge in [-0.3, -0.25) is 4.79 Å². The molecule has 60 valence electrons. The maximum atomic E-state index is 10.8. The summed E-state index contributed by atoms with van der Waals surface area (Å²) >= 11 is 11.8. The standard InChI is InChI=1S/C5H7Br2ClO2/c1-10-5(9)4(7)3(6)2-8/h3-4H,2H2,1H3. The minimum atomic E-state index is -0.366. The summed E-state index contributed by atoms with van der Waals surface area (Å²) < 4.78 is 4.46. The number of esters is 1. The molecule has 0 saturated carbocycles. The van der Waals surface area contributed by atoms with Crippen LogP contribution in [0.1, 0.15) is 0 Å². The zero-order valence-corrected chi connectivity index (χ0v) is 9.24. The van der Waals surface area contributed by atoms with E-state index in [-0.39, 0.29) is 15.6 Å². The van der Waals surface area contributed by atoms with E-state index in [9.17, 15) is 4.79 Å². The highest BCUT2D eigenvalue weighted by atomic mass is 79.9. The van der Waals surface area contributed by atoms with Gasteiger partial charge in [0.15, 0.2) is 0 Å². The predicted molar refractivity (Wildman–Crippen MR) is 48.2 cm³/mol. The van der Waals surface area contributed by atoms with Crippen LogP contribution in [0.15, 0.2) is 0 Å². The van der Waals surface area contributed by atoms with Crippen LogP contribution in [-0.2, 0) is 9.53 Å². The van der Waals surface area contributed by atoms with Crippen LogP contribution in [0.5, 0.6) is 0 Å². The van der Waals surface area contributed by atoms with Gasteiger partial charge >= 0.3 is 5.97 Å². The molecule has 0 radical (unpaired) electrons. The van der Waals surface area contributed by atoms with Gasteiger partial charge in [-0.15, -0.1) is 11.6 Å². The first kappa shape index (κ1) is 10.7. The van der Waals surface area contributed by atoms with Gasteiger partial charge < -0.3 is 4.74 Å². The van der Waals surface area contributed by atoms with Crippen LogP contribution in [0.2, 0.25) is 0 Å². The number of hydrogen-bond acceptors (Lipinski definition) is 2. The molecule has 0 aliphatic carbocycles. The molecule has 0 fully saturated rings. The molecule has 2 unspecified atom stereocenters. The molecule has 0 aliphatic rings. The van der Waals surface area contributed by atoms with Crippen molar-refractivity contribution in [3.8, 4) is 0 Å². The molecule has 2 atom stereocenters. The molecule has 0 N–H and O–H groups in total. The number of carbonyl (C=O) groups excluding carboxylic acids is 1. The summed E-state index contributed by atoms with van der Waals surface area (Å²) in [6.45, 7) is 0. The third-order valence-corrected chi connectivity index (χ3v) is 4.17. The maximum Gasteiger partial charge on any atom is 0.320 e. The van der Waals surface area contributed by atoms with Gasteiger partial charge in [0.2, 0.25) is 0 Å². The Kier molecular flexibility index (Phi) is 5.77. The second-order valence-electron chi connectivity index (χ2n) is 1.60. The van der Waals surface area contributed by atoms with Crippen LogP contribution in [0.25, 0.3) is 0 Å². The van der Waals surface area contributed by atoms with Crippen molar-refractivity contribution in [1.82, 2.24) is 0 Å². The molecule has 0 amide bonds. The predicted octanol–water partition coefficient (Wildman–Crippen LogP) is 1.93. The second-order valence-corrected chi connectivity index (χ2v) is 4.07. The molecule has 0 aromatic heterocycles. The van der Waals surface area contributed by atoms with Crippen LogP contribution in [0, 0.1) is 0 Å². The van der Waals surface area contributed by atoms with Gasteiger partial charge in [-0.05, 0) is 0 Å². The molecule has 0 heterocycles. The molecule has 0 aliphatic heterocycles. The van der Waals surface area contributed by atoms with E-state index >= 15 is 0 Å². The fourth-order valence-electron chi connectivity index (χ4n) is 0.338. The zero-order chi connectivity index (χ0) is 8.15. The average Bonchev–Trinajstić information content (AvgIpc) is 2.00. The molecule has 0 aromatic carbocycles. The lowest BCUT2D eigenvalue weighted by molar-refractivity contribution is -0.139. The molecule has 0 aromatic rings. The van der Waals surface area contributed by atoms with E-state index in [1.165, 1.54) is 7.11 Å². The van der Waals surface area contributed by atoms with Gasteiger partial charge in [0.05, 0.1) is 11.9 Å². The Bertz CT molecular complexity index is 120. The molecule has 0 saturated heterocycles. The third-order valence-electron chi connectivity index (χ3n) is 0.891. The van der Waals surface area contributed by atoms with E-state index in [1.807, 2.05) is 0 Å². The first-order valence-corrected chi connectivity index (χ1v) is 4.92. The summed E-state index contributed by atoms with van der Waals surface area (Å²) in [6, 6.07) is 0. The third kappa shape index (κ3) is 3.21. The van der Waals surface area contributed by atoms with E-state index < -0.39 is 0 Å². The number of hydrogen-bond donors (Lipinski definition) is 0. The Morgan fingerprint density at radius 2 is 2.20 bits per heavy atom. The minimum absolute atomic E-state index is 0.0818. The first-order chi connectivity index (χ1) is 4.63. The van der Waals surface area contributed by atoms with Crippen molar-refractivity contribution in [2.45, 2.75) is 9.65 Å². The van der Waals surface area contributed by atoms with Crippen molar-refractivity contribution < 1.29 is 9.53 Å². The summed E-state index contributed by atoms with van der Waals surface area (Å²) in [6.07, 6.45) is 0. The summed E-state index contributed by atoms with van der Waals surface area (Å²) in [4.78, 5) is 10.3. The summed E-state index contributed by atoms with van der Waals surface area (Å²) in [5.41, 5.74) is 0. The monoisotopic (exact) mass is 292 g/mol. The maximum absolute atomic E-state index is 10.8. The van der Waals surface area contributed by atoms with Crippen molar-refractivity contribution in [3.63, 3.8) is 0 Å². The van der Waals surface area contributed by atoms with Gasteiger partial charge in [-0.2, -0.15) is 0 Å². The summed E-state index contributed by atoms with van der Waals surface area (Å²) in [5.74, 6) is 0.0490. The van der Waals surface area contributed by atoms with Crippen LogP contribution in [0.4, 0.5) is 0 Å². The van der Waals surface area contributed by atoms with Crippen LogP contribution in [-0.4, -0.2) is 28.6 Å². The normalized spacial score (nSPS) is 16.0. The summed E-state index contributed by atoms with van der Waals surface area (Å²) in [7, 11) is 1.34. The highest BCUT2D eigenvalue weighted by molar-refractivity contribution is 9.12. The largest absolute Gasteiger partial charge is 0.468 e. The SMILES string of the molecule is COC(=O)C(Br)C(Br)CCl. The van der Waals surface area contributed by atoms with Gasteiger partial charge in [0, 0.05) is 5.88 Å². The lowest BCUT2D eigenvalue weighted by Crippen LogP contribution is -2.26. The zero-order valence-electron chi connectivity index (χ0n) is 5.31. The van der Waals surface area contributed by atoms with E-state index in [2.05, 4.69) is 36.6 Å². The van der Waals surface area contributed by atoms with Crippen LogP contribution < -0.4 is 0 Å². The van der Waals surface area contributed by atoms with Crippen molar-refractivity contribution in [2.24, 2.45) is 0 Å². The minimum Gasteiger partial charge on any atom is -0.468 e. The lowest BCUT2D eigenvalue weighted by Gasteiger charge is -2.10. The Labute approximate surface area is 81.5 Å². The molecule has 0 rings (SSSR count). The highest BCUT2D eigenvalue weighted by Crippen LogP contribution is 2.16. The molecule has 5 heteroatoms. The average molecular weight is 294 g/mol. The van der Waals surface area contributed by atoms with Gasteiger partial charge in [0.25, 0.3) is 0 Å². The van der Waals surface area contributed by atoms with Crippen LogP contribution in [0.3, 0.4) is 0 Å². The Balaban J connectivity index is 3.81. The number of carbonyl (C=O) groups is 1. The Morgan fingerprint density at radius 1 is 1.70 bits per heavy atom. The fraction of sp³-hybridized carbons (Fsp3) is 0.800. The van der Waals surface area contributed by atoms with E-state index in [1.54, 1.807) is 0 Å². The fourth-order valence-corrected chi connectivity index (χ4v) is 1.32. The quantitative estimate of drug-likeness (QED) is 0.587. The molecule has 10 heavy (non-hydrogen) atoms. The number of halogens is 3. The molecule has 2 nitrogen and oxygen atoms in total. The van der Waals surface area contributed by atoms with E-state index in [0.717, 1.165) is 0 Å². The van der Waals surface area contributed by atoms with Crippen molar-refractivity contribution in [2.75, 3.05) is 13.0 Å². The van der Waals surface area contributed by atoms with Crippen molar-refractivity contribution >= 4 is 49.4 Å². The lowest BCUT2D eigenvalue weighted by atomic mass is 10.3. The van der Waals surface area contributed by atoms with Gasteiger partial charge in [-0.25, -0.2) is 0 Å². The number of ether oxygens (including phenoxy) is 1. The molecular formula is C5H7Br2ClO2. The number of methoxy groups -OCH3 is 1. The molecule has 0 spiro atoms. The first-order valence-electron chi connectivity index (χ1n) is 2.55. The van der Waals surface area contributed by atoms with E-state index in [4.69, 9.17) is 11.6 Å². The second kappa shape index (κ2) is 5.38. The van der Waals surface area contributed by atoms with Gasteiger partial charge in [-0.1, -0.05) is 31.9 Å². The molecule has 0 bridgehead atoms. The van der Waals surface area contributed by atoms with Crippen LogP contribution >= 0.6 is 43.5 Å². The topological polar surface area (TPSA) is 26.3 Å². The smallest absolute Gasteiger partial charge is 0.320 e. The molecular weight excluding hydrogens is 287 g/mol. The van der Waals surface area contributed by atoms with Crippen molar-refractivity contribution in [3.05, 3.63) is 0 Å². The number of rotatable bonds is 3.